The van der Waals surface area contributed by atoms with Crippen LogP contribution in [0, 0.1) is 0 Å². The number of rotatable bonds is 5. The first kappa shape index (κ1) is 11.7. The van der Waals surface area contributed by atoms with E-state index in [1.165, 1.54) is 0 Å². The molecule has 84 valence electrons. The highest BCUT2D eigenvalue weighted by Crippen LogP contribution is 2.15. The van der Waals surface area contributed by atoms with Crippen LogP contribution in [0.3, 0.4) is 0 Å². The molecule has 0 fully saturated rings. The third kappa shape index (κ3) is 3.10. The van der Waals surface area contributed by atoms with Crippen molar-refractivity contribution in [2.45, 2.75) is 0 Å². The number of hydrogen-bond donors (Lipinski definition) is 0. The van der Waals surface area contributed by atoms with Gasteiger partial charge in [-0.05, 0) is 10.6 Å². The van der Waals surface area contributed by atoms with Gasteiger partial charge in [0.05, 0.1) is 0 Å². The van der Waals surface area contributed by atoms with Gasteiger partial charge in [-0.25, -0.2) is 0 Å². The molecule has 0 atom stereocenters. The van der Waals surface area contributed by atoms with Crippen LogP contribution in [0.4, 0.5) is 11.9 Å². The Morgan fingerprint density at radius 2 is 2.25 bits per heavy atom. The van der Waals surface area contributed by atoms with Crippen LogP contribution in [-0.4, -0.2) is 35.7 Å². The second kappa shape index (κ2) is 5.52. The number of ether oxygens (including phenoxy) is 1. The van der Waals surface area contributed by atoms with E-state index in [1.807, 2.05) is 0 Å². The van der Waals surface area contributed by atoms with E-state index in [9.17, 15) is 0 Å². The van der Waals surface area contributed by atoms with Gasteiger partial charge in [0.2, 0.25) is 11.9 Å². The van der Waals surface area contributed by atoms with Gasteiger partial charge in [0.25, 0.3) is 0 Å². The minimum atomic E-state index is -0.0275. The first-order valence-corrected chi connectivity index (χ1v) is 4.39. The molecule has 0 radical (unpaired) electrons. The number of aromatic nitrogens is 3. The number of anilines is 1. The lowest BCUT2D eigenvalue weighted by Gasteiger charge is -2.10. The SMILES string of the molecule is C=CCOc1nc(N=[N+]=[N-])nc(N(C)C)n1. The summed E-state index contributed by atoms with van der Waals surface area (Å²) in [6.45, 7) is 3.77. The molecule has 0 bridgehead atoms. The summed E-state index contributed by atoms with van der Waals surface area (Å²) in [7, 11) is 3.51. The highest BCUT2D eigenvalue weighted by molar-refractivity contribution is 5.33. The average Bonchev–Trinajstić information content (AvgIpc) is 2.26. The monoisotopic (exact) mass is 221 g/mol. The van der Waals surface area contributed by atoms with E-state index < -0.39 is 0 Å². The van der Waals surface area contributed by atoms with E-state index in [4.69, 9.17) is 10.3 Å². The fraction of sp³-hybridized carbons (Fsp3) is 0.375. The molecule has 0 spiro atoms. The fourth-order valence-corrected chi connectivity index (χ4v) is 0.818. The summed E-state index contributed by atoms with van der Waals surface area (Å²) in [4.78, 5) is 16.0. The van der Waals surface area contributed by atoms with Gasteiger partial charge >= 0.3 is 6.01 Å². The number of azide groups is 1. The van der Waals surface area contributed by atoms with Gasteiger partial charge in [0.15, 0.2) is 0 Å². The van der Waals surface area contributed by atoms with Crippen LogP contribution < -0.4 is 9.64 Å². The van der Waals surface area contributed by atoms with Crippen LogP contribution in [0.15, 0.2) is 17.8 Å². The summed E-state index contributed by atoms with van der Waals surface area (Å²) in [5.41, 5.74) is 8.30. The topological polar surface area (TPSA) is 99.9 Å². The van der Waals surface area contributed by atoms with E-state index in [0.29, 0.717) is 5.95 Å². The first-order valence-electron chi connectivity index (χ1n) is 4.39. The number of hydrogen-bond acceptors (Lipinski definition) is 6. The molecule has 0 saturated carbocycles. The van der Waals surface area contributed by atoms with Gasteiger partial charge in [-0.3, -0.25) is 0 Å². The lowest BCUT2D eigenvalue weighted by molar-refractivity contribution is 0.332. The lowest BCUT2D eigenvalue weighted by Crippen LogP contribution is -2.14. The summed E-state index contributed by atoms with van der Waals surface area (Å²) in [5.74, 6) is 0.330. The zero-order chi connectivity index (χ0) is 12.0. The quantitative estimate of drug-likeness (QED) is 0.324. The molecule has 0 N–H and O–H groups in total. The van der Waals surface area contributed by atoms with Crippen LogP contribution in [0.1, 0.15) is 0 Å². The Morgan fingerprint density at radius 1 is 1.50 bits per heavy atom. The largest absolute Gasteiger partial charge is 0.459 e. The van der Waals surface area contributed by atoms with E-state index in [0.717, 1.165) is 0 Å². The van der Waals surface area contributed by atoms with Crippen LogP contribution in [0.25, 0.3) is 10.4 Å². The van der Waals surface area contributed by atoms with Gasteiger partial charge in [-0.2, -0.15) is 15.0 Å². The van der Waals surface area contributed by atoms with Gasteiger partial charge in [0, 0.05) is 19.0 Å². The summed E-state index contributed by atoms with van der Waals surface area (Å²) in [5, 5.41) is 3.30. The molecule has 1 rings (SSSR count). The molecule has 0 amide bonds. The van der Waals surface area contributed by atoms with E-state index in [2.05, 4.69) is 31.6 Å². The van der Waals surface area contributed by atoms with Gasteiger partial charge < -0.3 is 9.64 Å². The van der Waals surface area contributed by atoms with E-state index in [1.54, 1.807) is 25.1 Å². The van der Waals surface area contributed by atoms with Crippen molar-refractivity contribution in [1.29, 1.82) is 0 Å². The molecule has 1 aromatic rings. The fourth-order valence-electron chi connectivity index (χ4n) is 0.818. The molecular weight excluding hydrogens is 210 g/mol. The Bertz CT molecular complexity index is 424. The van der Waals surface area contributed by atoms with Crippen molar-refractivity contribution >= 4 is 11.9 Å². The molecule has 0 aliphatic heterocycles. The Kier molecular flexibility index (Phi) is 4.05. The van der Waals surface area contributed by atoms with Crippen molar-refractivity contribution in [2.24, 2.45) is 5.11 Å². The number of nitrogens with zero attached hydrogens (tertiary/aromatic N) is 7. The summed E-state index contributed by atoms with van der Waals surface area (Å²) in [6, 6.07) is 0.0981. The molecule has 0 unspecified atom stereocenters. The van der Waals surface area contributed by atoms with Gasteiger partial charge in [-0.15, -0.1) is 0 Å². The van der Waals surface area contributed by atoms with Crippen LogP contribution in [0.2, 0.25) is 0 Å². The third-order valence-corrected chi connectivity index (χ3v) is 1.46. The Morgan fingerprint density at radius 3 is 2.81 bits per heavy atom. The third-order valence-electron chi connectivity index (χ3n) is 1.46. The molecule has 0 aliphatic carbocycles. The lowest BCUT2D eigenvalue weighted by atomic mass is 10.7. The molecule has 0 saturated heterocycles. The average molecular weight is 221 g/mol. The Balaban J connectivity index is 3.07. The maximum absolute atomic E-state index is 8.30. The zero-order valence-electron chi connectivity index (χ0n) is 9.03. The minimum Gasteiger partial charge on any atom is -0.459 e. The molecule has 0 aromatic carbocycles. The Labute approximate surface area is 92.2 Å². The highest BCUT2D eigenvalue weighted by atomic mass is 16.5. The summed E-state index contributed by atoms with van der Waals surface area (Å²) in [6.07, 6.45) is 1.56. The maximum atomic E-state index is 8.30. The van der Waals surface area contributed by atoms with E-state index >= 15 is 0 Å². The van der Waals surface area contributed by atoms with Crippen molar-refractivity contribution in [1.82, 2.24) is 15.0 Å². The standard InChI is InChI=1S/C8H11N7O/c1-4-5-16-8-11-6(13-14-9)10-7(12-8)15(2)3/h4H,1,5H2,2-3H3. The second-order valence-electron chi connectivity index (χ2n) is 2.90. The van der Waals surface area contributed by atoms with Crippen molar-refractivity contribution in [3.63, 3.8) is 0 Å². The van der Waals surface area contributed by atoms with Gasteiger partial charge in [-0.1, -0.05) is 12.7 Å². The van der Waals surface area contributed by atoms with Crippen LogP contribution in [-0.2, 0) is 0 Å². The van der Waals surface area contributed by atoms with E-state index in [-0.39, 0.29) is 18.6 Å². The van der Waals surface area contributed by atoms with Crippen molar-refractivity contribution in [3.8, 4) is 6.01 Å². The van der Waals surface area contributed by atoms with Crippen molar-refractivity contribution < 1.29 is 4.74 Å². The first-order chi connectivity index (χ1) is 7.67. The molecule has 1 aromatic heterocycles. The summed E-state index contributed by atoms with van der Waals surface area (Å²) < 4.78 is 5.14. The molecule has 8 heteroatoms. The Hall–Kier alpha value is -2.34. The molecule has 0 aliphatic rings. The van der Waals surface area contributed by atoms with Crippen molar-refractivity contribution in [3.05, 3.63) is 23.1 Å². The van der Waals surface area contributed by atoms with Crippen molar-refractivity contribution in [2.75, 3.05) is 25.6 Å². The van der Waals surface area contributed by atoms with Crippen LogP contribution in [0.5, 0.6) is 6.01 Å². The second-order valence-corrected chi connectivity index (χ2v) is 2.90. The smallest absolute Gasteiger partial charge is 0.321 e. The normalized spacial score (nSPS) is 9.12. The molecule has 16 heavy (non-hydrogen) atoms. The van der Waals surface area contributed by atoms with Gasteiger partial charge in [0.1, 0.15) is 6.61 Å². The summed E-state index contributed by atoms with van der Waals surface area (Å²) >= 11 is 0. The van der Waals surface area contributed by atoms with Crippen LogP contribution >= 0.6 is 0 Å². The zero-order valence-corrected chi connectivity index (χ0v) is 9.03. The minimum absolute atomic E-state index is 0.0275. The molecular formula is C8H11N7O. The predicted octanol–water partition coefficient (Wildman–Crippen LogP) is 1.44. The molecule has 8 nitrogen and oxygen atoms in total. The maximum Gasteiger partial charge on any atom is 0.321 e. The highest BCUT2D eigenvalue weighted by Gasteiger charge is 2.07. The molecule has 1 heterocycles. The predicted molar refractivity (Wildman–Crippen MR) is 58.7 cm³/mol.